The normalized spacial score (nSPS) is 16.0. The third kappa shape index (κ3) is 3.20. The summed E-state index contributed by atoms with van der Waals surface area (Å²) in [6.45, 7) is 0.655. The summed E-state index contributed by atoms with van der Waals surface area (Å²) in [5.74, 6) is -1.02. The van der Waals surface area contributed by atoms with E-state index in [0.717, 1.165) is 11.7 Å². The van der Waals surface area contributed by atoms with Crippen LogP contribution in [-0.2, 0) is 10.0 Å². The van der Waals surface area contributed by atoms with E-state index in [2.05, 4.69) is 8.75 Å². The molecule has 27 heavy (non-hydrogen) atoms. The van der Waals surface area contributed by atoms with Crippen LogP contribution in [0, 0.1) is 5.82 Å². The van der Waals surface area contributed by atoms with Crippen LogP contribution in [0.5, 0.6) is 0 Å². The summed E-state index contributed by atoms with van der Waals surface area (Å²) in [5, 5.41) is 0. The van der Waals surface area contributed by atoms with Gasteiger partial charge in [-0.05, 0) is 24.3 Å². The first-order valence-electron chi connectivity index (χ1n) is 8.24. The molecular weight excluding hydrogens is 391 g/mol. The lowest BCUT2D eigenvalue weighted by Gasteiger charge is -2.34. The van der Waals surface area contributed by atoms with E-state index in [0.29, 0.717) is 11.0 Å². The first-order chi connectivity index (χ1) is 13.0. The van der Waals surface area contributed by atoms with Gasteiger partial charge in [-0.3, -0.25) is 4.79 Å². The minimum atomic E-state index is -3.76. The molecule has 0 radical (unpaired) electrons. The largest absolute Gasteiger partial charge is 0.336 e. The second kappa shape index (κ2) is 6.95. The Morgan fingerprint density at radius 2 is 1.74 bits per heavy atom. The number of sulfonamides is 1. The van der Waals surface area contributed by atoms with Gasteiger partial charge in [-0.1, -0.05) is 18.2 Å². The van der Waals surface area contributed by atoms with Crippen LogP contribution in [0.1, 0.15) is 10.4 Å². The highest BCUT2D eigenvalue weighted by Crippen LogP contribution is 2.25. The van der Waals surface area contributed by atoms with E-state index in [-0.39, 0.29) is 36.6 Å². The van der Waals surface area contributed by atoms with Crippen LogP contribution in [-0.4, -0.2) is 58.5 Å². The lowest BCUT2D eigenvalue weighted by atomic mass is 10.1. The first kappa shape index (κ1) is 18.0. The van der Waals surface area contributed by atoms with Crippen LogP contribution in [0.2, 0.25) is 0 Å². The smallest absolute Gasteiger partial charge is 0.256 e. The molecule has 0 saturated carbocycles. The number of rotatable bonds is 3. The highest BCUT2D eigenvalue weighted by molar-refractivity contribution is 7.89. The zero-order valence-corrected chi connectivity index (χ0v) is 15.7. The Bertz CT molecular complexity index is 1110. The molecule has 2 heterocycles. The summed E-state index contributed by atoms with van der Waals surface area (Å²) in [6.07, 6.45) is 0. The molecule has 1 saturated heterocycles. The maximum absolute atomic E-state index is 13.8. The van der Waals surface area contributed by atoms with Gasteiger partial charge in [0.2, 0.25) is 10.0 Å². The van der Waals surface area contributed by atoms with Gasteiger partial charge in [0, 0.05) is 26.2 Å². The topological polar surface area (TPSA) is 83.5 Å². The molecule has 7 nitrogen and oxygen atoms in total. The van der Waals surface area contributed by atoms with Crippen LogP contribution in [0.3, 0.4) is 0 Å². The monoisotopic (exact) mass is 406 g/mol. The number of halogens is 1. The van der Waals surface area contributed by atoms with Gasteiger partial charge >= 0.3 is 0 Å². The molecule has 140 valence electrons. The standard InChI is InChI=1S/C17H15FN4O3S2/c18-13-5-2-1-4-12(13)17(23)21-8-10-22(11-9-21)27(24,25)15-7-3-6-14-16(15)20-26-19-14/h1-7H,8-11H2. The van der Waals surface area contributed by atoms with Crippen molar-refractivity contribution >= 4 is 38.7 Å². The Morgan fingerprint density at radius 3 is 2.48 bits per heavy atom. The molecule has 0 N–H and O–H groups in total. The zero-order valence-electron chi connectivity index (χ0n) is 14.1. The van der Waals surface area contributed by atoms with E-state index in [1.165, 1.54) is 33.5 Å². The molecule has 1 fully saturated rings. The van der Waals surface area contributed by atoms with Gasteiger partial charge in [0.05, 0.1) is 17.3 Å². The molecule has 3 aromatic rings. The lowest BCUT2D eigenvalue weighted by Crippen LogP contribution is -2.50. The van der Waals surface area contributed by atoms with E-state index < -0.39 is 21.7 Å². The molecule has 0 spiro atoms. The molecule has 0 bridgehead atoms. The zero-order chi connectivity index (χ0) is 19.0. The Hall–Kier alpha value is -2.43. The van der Waals surface area contributed by atoms with E-state index in [1.807, 2.05) is 0 Å². The number of piperazine rings is 1. The maximum atomic E-state index is 13.8. The van der Waals surface area contributed by atoms with Gasteiger partial charge in [0.1, 0.15) is 21.7 Å². The Kier molecular flexibility index (Phi) is 4.62. The average Bonchev–Trinajstić information content (AvgIpc) is 3.16. The summed E-state index contributed by atoms with van der Waals surface area (Å²) in [4.78, 5) is 14.1. The quantitative estimate of drug-likeness (QED) is 0.664. The molecule has 0 aliphatic carbocycles. The summed E-state index contributed by atoms with van der Waals surface area (Å²) in [6, 6.07) is 10.6. The predicted octanol–water partition coefficient (Wildman–Crippen LogP) is 1.98. The number of carbonyl (C=O) groups excluding carboxylic acids is 1. The highest BCUT2D eigenvalue weighted by atomic mass is 32.2. The van der Waals surface area contributed by atoms with E-state index in [9.17, 15) is 17.6 Å². The van der Waals surface area contributed by atoms with Crippen molar-refractivity contribution in [3.8, 4) is 0 Å². The minimum absolute atomic E-state index is 0.00729. The SMILES string of the molecule is O=C(c1ccccc1F)N1CCN(S(=O)(=O)c2cccc3nsnc23)CC1. The molecule has 4 rings (SSSR count). The average molecular weight is 406 g/mol. The first-order valence-corrected chi connectivity index (χ1v) is 10.4. The highest BCUT2D eigenvalue weighted by Gasteiger charge is 2.32. The molecule has 1 amide bonds. The summed E-state index contributed by atoms with van der Waals surface area (Å²) < 4.78 is 49.3. The molecule has 10 heteroatoms. The molecule has 0 atom stereocenters. The van der Waals surface area contributed by atoms with E-state index in [1.54, 1.807) is 18.2 Å². The Labute approximate surface area is 159 Å². The van der Waals surface area contributed by atoms with Crippen LogP contribution in [0.15, 0.2) is 47.4 Å². The van der Waals surface area contributed by atoms with Crippen molar-refractivity contribution in [2.45, 2.75) is 4.90 Å². The van der Waals surface area contributed by atoms with E-state index in [4.69, 9.17) is 0 Å². The second-order valence-corrected chi connectivity index (χ2v) is 8.50. The van der Waals surface area contributed by atoms with Gasteiger partial charge in [-0.25, -0.2) is 12.8 Å². The fourth-order valence-electron chi connectivity index (χ4n) is 3.07. The molecule has 2 aromatic carbocycles. The number of carbonyl (C=O) groups is 1. The van der Waals surface area contributed by atoms with Crippen molar-refractivity contribution in [2.75, 3.05) is 26.2 Å². The number of hydrogen-bond donors (Lipinski definition) is 0. The second-order valence-electron chi connectivity index (χ2n) is 6.06. The van der Waals surface area contributed by atoms with Crippen molar-refractivity contribution in [3.63, 3.8) is 0 Å². The van der Waals surface area contributed by atoms with Crippen LogP contribution in [0.25, 0.3) is 11.0 Å². The molecule has 1 aliphatic rings. The number of nitrogens with zero attached hydrogens (tertiary/aromatic N) is 4. The van der Waals surface area contributed by atoms with Crippen molar-refractivity contribution in [1.29, 1.82) is 0 Å². The van der Waals surface area contributed by atoms with Gasteiger partial charge in [-0.15, -0.1) is 0 Å². The number of amides is 1. The van der Waals surface area contributed by atoms with Gasteiger partial charge in [0.15, 0.2) is 0 Å². The van der Waals surface area contributed by atoms with Crippen molar-refractivity contribution in [1.82, 2.24) is 18.0 Å². The third-order valence-corrected chi connectivity index (χ3v) is 6.97. The van der Waals surface area contributed by atoms with Crippen molar-refractivity contribution < 1.29 is 17.6 Å². The summed E-state index contributed by atoms with van der Waals surface area (Å²) in [5.41, 5.74) is 0.883. The molecule has 1 aromatic heterocycles. The molecular formula is C17H15FN4O3S2. The number of fused-ring (bicyclic) bond motifs is 1. The third-order valence-electron chi connectivity index (χ3n) is 4.50. The van der Waals surface area contributed by atoms with Crippen molar-refractivity contribution in [2.24, 2.45) is 0 Å². The van der Waals surface area contributed by atoms with Crippen LogP contribution in [0.4, 0.5) is 4.39 Å². The Morgan fingerprint density at radius 1 is 1.00 bits per heavy atom. The molecule has 0 unspecified atom stereocenters. The summed E-state index contributed by atoms with van der Waals surface area (Å²) in [7, 11) is -3.76. The van der Waals surface area contributed by atoms with Crippen LogP contribution < -0.4 is 0 Å². The molecule has 1 aliphatic heterocycles. The maximum Gasteiger partial charge on any atom is 0.256 e. The fourth-order valence-corrected chi connectivity index (χ4v) is 5.24. The Balaban J connectivity index is 1.53. The van der Waals surface area contributed by atoms with Crippen molar-refractivity contribution in [3.05, 3.63) is 53.8 Å². The van der Waals surface area contributed by atoms with Gasteiger partial charge < -0.3 is 4.90 Å². The number of benzene rings is 2. The number of aromatic nitrogens is 2. The lowest BCUT2D eigenvalue weighted by molar-refractivity contribution is 0.0693. The van der Waals surface area contributed by atoms with Crippen LogP contribution >= 0.6 is 11.7 Å². The van der Waals surface area contributed by atoms with Gasteiger partial charge in [-0.2, -0.15) is 13.1 Å². The van der Waals surface area contributed by atoms with E-state index >= 15 is 0 Å². The fraction of sp³-hybridized carbons (Fsp3) is 0.235. The van der Waals surface area contributed by atoms with Gasteiger partial charge in [0.25, 0.3) is 5.91 Å². The minimum Gasteiger partial charge on any atom is -0.336 e. The predicted molar refractivity (Wildman–Crippen MR) is 98.5 cm³/mol. The number of hydrogen-bond acceptors (Lipinski definition) is 6. The summed E-state index contributed by atoms with van der Waals surface area (Å²) >= 11 is 0.962.